The number of carbonyl (C=O) groups is 2. The average molecular weight is 588 g/mol. The number of hydrogen-bond acceptors (Lipinski definition) is 9. The van der Waals surface area contributed by atoms with Gasteiger partial charge < -0.3 is 21.5 Å². The van der Waals surface area contributed by atoms with E-state index in [9.17, 15) is 14.9 Å². The third-order valence-corrected chi connectivity index (χ3v) is 10.0. The third-order valence-electron chi connectivity index (χ3n) is 7.76. The lowest BCUT2D eigenvalue weighted by atomic mass is 9.72. The van der Waals surface area contributed by atoms with Crippen LogP contribution in [0, 0.1) is 29.6 Å². The predicted octanol–water partition coefficient (Wildman–Crippen LogP) is 6.95. The van der Waals surface area contributed by atoms with Gasteiger partial charge in [-0.05, 0) is 55.6 Å². The second-order valence-electron chi connectivity index (χ2n) is 11.4. The van der Waals surface area contributed by atoms with E-state index in [1.54, 1.807) is 6.92 Å². The third kappa shape index (κ3) is 5.16. The molecular weight excluding hydrogens is 555 g/mol. The van der Waals surface area contributed by atoms with Crippen LogP contribution in [0.1, 0.15) is 75.7 Å². The largest absolute Gasteiger partial charge is 0.462 e. The van der Waals surface area contributed by atoms with E-state index in [2.05, 4.69) is 37.1 Å². The minimum Gasteiger partial charge on any atom is -0.462 e. The fourth-order valence-corrected chi connectivity index (χ4v) is 7.77. The van der Waals surface area contributed by atoms with Crippen molar-refractivity contribution in [2.75, 3.05) is 23.4 Å². The molecule has 4 aromatic rings. The number of nitrogens with two attached hydrogens (primary N) is 2. The Labute approximate surface area is 247 Å². The van der Waals surface area contributed by atoms with Gasteiger partial charge in [-0.25, -0.2) is 9.78 Å². The van der Waals surface area contributed by atoms with Gasteiger partial charge in [0, 0.05) is 15.8 Å². The van der Waals surface area contributed by atoms with Gasteiger partial charge in [0.25, 0.3) is 5.91 Å². The molecule has 3 aromatic heterocycles. The molecule has 0 radical (unpaired) electrons. The van der Waals surface area contributed by atoms with Gasteiger partial charge in [-0.15, -0.1) is 22.7 Å². The van der Waals surface area contributed by atoms with Gasteiger partial charge in [0.1, 0.15) is 32.2 Å². The van der Waals surface area contributed by atoms with Crippen LogP contribution in [-0.4, -0.2) is 23.5 Å². The highest BCUT2D eigenvalue weighted by Crippen LogP contribution is 2.46. The topological polar surface area (TPSA) is 144 Å². The van der Waals surface area contributed by atoms with Gasteiger partial charge in [-0.2, -0.15) is 5.26 Å². The first-order valence-corrected chi connectivity index (χ1v) is 15.2. The lowest BCUT2D eigenvalue weighted by Crippen LogP contribution is -2.26. The first kappa shape index (κ1) is 28.6. The number of carbonyl (C=O) groups excluding carboxylic acids is 2. The van der Waals surface area contributed by atoms with Crippen molar-refractivity contribution in [3.63, 3.8) is 0 Å². The van der Waals surface area contributed by atoms with Crippen LogP contribution in [0.2, 0.25) is 0 Å². The highest BCUT2D eigenvalue weighted by Gasteiger charge is 2.35. The standard InChI is InChI=1S/C31H33N5O3S2/c1-6-39-30(38)22-18-12-11-17(31(3,4)5)13-20(18)40-28(22)36-27(37)25-24(33)23-21(16-9-7-15(2)8-10-16)19(14-32)26(34)35-29(23)41-25/h7-10,17H,6,11-13,33H2,1-5H3,(H2,34,35)(H,36,37). The zero-order valence-corrected chi connectivity index (χ0v) is 25.4. The average Bonchev–Trinajstić information content (AvgIpc) is 3.44. The summed E-state index contributed by atoms with van der Waals surface area (Å²) in [6, 6.07) is 9.83. The Bertz CT molecular complexity index is 1720. The number of fused-ring (bicyclic) bond motifs is 2. The number of nitriles is 1. The number of nitrogens with zero attached hydrogens (tertiary/aromatic N) is 2. The van der Waals surface area contributed by atoms with Crippen molar-refractivity contribution < 1.29 is 14.3 Å². The van der Waals surface area contributed by atoms with Crippen LogP contribution in [0.25, 0.3) is 21.3 Å². The molecule has 1 aromatic carbocycles. The number of nitrogens with one attached hydrogen (secondary N) is 1. The molecule has 5 rings (SSSR count). The summed E-state index contributed by atoms with van der Waals surface area (Å²) in [7, 11) is 0. The van der Waals surface area contributed by atoms with E-state index < -0.39 is 11.9 Å². The number of thiophene rings is 2. The molecule has 41 heavy (non-hydrogen) atoms. The van der Waals surface area contributed by atoms with E-state index in [4.69, 9.17) is 16.2 Å². The summed E-state index contributed by atoms with van der Waals surface area (Å²) in [5.41, 5.74) is 17.1. The van der Waals surface area contributed by atoms with Crippen LogP contribution >= 0.6 is 22.7 Å². The number of aromatic nitrogens is 1. The normalized spacial score (nSPS) is 14.9. The zero-order chi connectivity index (χ0) is 29.6. The van der Waals surface area contributed by atoms with Crippen LogP contribution in [0.4, 0.5) is 16.5 Å². The van der Waals surface area contributed by atoms with Crippen molar-refractivity contribution in [1.29, 1.82) is 5.26 Å². The van der Waals surface area contributed by atoms with Crippen LogP contribution in [-0.2, 0) is 17.6 Å². The van der Waals surface area contributed by atoms with E-state index in [-0.39, 0.29) is 34.0 Å². The van der Waals surface area contributed by atoms with Gasteiger partial charge in [0.05, 0.1) is 17.9 Å². The fourth-order valence-electron chi connectivity index (χ4n) is 5.45. The number of benzene rings is 1. The molecule has 0 spiro atoms. The van der Waals surface area contributed by atoms with E-state index in [1.807, 2.05) is 31.2 Å². The van der Waals surface area contributed by atoms with Crippen LogP contribution < -0.4 is 16.8 Å². The zero-order valence-electron chi connectivity index (χ0n) is 23.8. The van der Waals surface area contributed by atoms with E-state index >= 15 is 0 Å². The minimum absolute atomic E-state index is 0.0766. The minimum atomic E-state index is -0.450. The fraction of sp³-hybridized carbons (Fsp3) is 0.355. The molecule has 5 N–H and O–H groups in total. The number of esters is 1. The Morgan fingerprint density at radius 2 is 1.90 bits per heavy atom. The molecule has 1 atom stereocenters. The SMILES string of the molecule is CCOC(=O)c1c(NC(=O)c2sc3nc(N)c(C#N)c(-c4ccc(C)cc4)c3c2N)sc2c1CCC(C(C)(C)C)C2. The van der Waals surface area contributed by atoms with Crippen molar-refractivity contribution in [2.45, 2.75) is 53.9 Å². The summed E-state index contributed by atoms with van der Waals surface area (Å²) in [6.45, 7) is 10.7. The monoisotopic (exact) mass is 587 g/mol. The van der Waals surface area contributed by atoms with Gasteiger partial charge in [-0.1, -0.05) is 50.6 Å². The second kappa shape index (κ2) is 10.8. The van der Waals surface area contributed by atoms with Crippen molar-refractivity contribution >= 4 is 61.3 Å². The number of pyridine rings is 1. The van der Waals surface area contributed by atoms with E-state index in [0.717, 1.165) is 52.2 Å². The molecule has 0 saturated heterocycles. The van der Waals surface area contributed by atoms with Crippen molar-refractivity contribution in [3.8, 4) is 17.2 Å². The maximum absolute atomic E-state index is 13.8. The quantitative estimate of drug-likeness (QED) is 0.214. The molecule has 10 heteroatoms. The first-order chi connectivity index (χ1) is 19.4. The summed E-state index contributed by atoms with van der Waals surface area (Å²) in [4.78, 5) is 33.1. The van der Waals surface area contributed by atoms with E-state index in [0.29, 0.717) is 32.3 Å². The van der Waals surface area contributed by atoms with Gasteiger partial charge >= 0.3 is 5.97 Å². The Hall–Kier alpha value is -3.94. The molecule has 212 valence electrons. The van der Waals surface area contributed by atoms with Crippen LogP contribution in [0.5, 0.6) is 0 Å². The highest BCUT2D eigenvalue weighted by molar-refractivity contribution is 7.21. The maximum Gasteiger partial charge on any atom is 0.341 e. The summed E-state index contributed by atoms with van der Waals surface area (Å²) < 4.78 is 5.40. The Balaban J connectivity index is 1.59. The Morgan fingerprint density at radius 3 is 2.54 bits per heavy atom. The van der Waals surface area contributed by atoms with Gasteiger partial charge in [0.15, 0.2) is 0 Å². The lowest BCUT2D eigenvalue weighted by molar-refractivity contribution is 0.0526. The summed E-state index contributed by atoms with van der Waals surface area (Å²) in [5.74, 6) is -0.341. The van der Waals surface area contributed by atoms with Crippen molar-refractivity contribution in [2.24, 2.45) is 11.3 Å². The lowest BCUT2D eigenvalue weighted by Gasteiger charge is -2.33. The molecule has 0 fully saturated rings. The number of rotatable bonds is 5. The number of anilines is 3. The number of hydrogen-bond donors (Lipinski definition) is 3. The van der Waals surface area contributed by atoms with E-state index in [1.165, 1.54) is 11.3 Å². The molecular formula is C31H33N5O3S2. The Morgan fingerprint density at radius 1 is 1.20 bits per heavy atom. The highest BCUT2D eigenvalue weighted by atomic mass is 32.1. The predicted molar refractivity (Wildman–Crippen MR) is 167 cm³/mol. The number of aryl methyl sites for hydroxylation is 1. The maximum atomic E-state index is 13.8. The molecule has 0 aliphatic heterocycles. The van der Waals surface area contributed by atoms with Gasteiger partial charge in [-0.3, -0.25) is 4.79 Å². The molecule has 1 unspecified atom stereocenters. The molecule has 0 bridgehead atoms. The van der Waals surface area contributed by atoms with Crippen LogP contribution in [0.3, 0.4) is 0 Å². The molecule has 1 aliphatic carbocycles. The number of amides is 1. The Kier molecular flexibility index (Phi) is 7.53. The summed E-state index contributed by atoms with van der Waals surface area (Å²) in [6.07, 6.45) is 2.56. The number of ether oxygens (including phenoxy) is 1. The molecule has 8 nitrogen and oxygen atoms in total. The molecule has 1 amide bonds. The van der Waals surface area contributed by atoms with Crippen molar-refractivity contribution in [1.82, 2.24) is 4.98 Å². The molecule has 1 aliphatic rings. The first-order valence-electron chi connectivity index (χ1n) is 13.6. The summed E-state index contributed by atoms with van der Waals surface area (Å²) >= 11 is 2.54. The number of nitrogen functional groups attached to an aromatic ring is 2. The second-order valence-corrected chi connectivity index (χ2v) is 13.5. The molecule has 3 heterocycles. The molecule has 0 saturated carbocycles. The summed E-state index contributed by atoms with van der Waals surface area (Å²) in [5, 5.41) is 13.9. The van der Waals surface area contributed by atoms with Crippen molar-refractivity contribution in [3.05, 3.63) is 56.3 Å². The van der Waals surface area contributed by atoms with Crippen LogP contribution in [0.15, 0.2) is 24.3 Å². The smallest absolute Gasteiger partial charge is 0.341 e. The van der Waals surface area contributed by atoms with Gasteiger partial charge in [0.2, 0.25) is 0 Å².